The summed E-state index contributed by atoms with van der Waals surface area (Å²) in [5.74, 6) is -0.659. The molecule has 0 fully saturated rings. The second-order valence-electron chi connectivity index (χ2n) is 4.23. The molecule has 0 saturated carbocycles. The van der Waals surface area contributed by atoms with E-state index in [1.54, 1.807) is 0 Å². The van der Waals surface area contributed by atoms with Gasteiger partial charge in [-0.15, -0.1) is 0 Å². The molecule has 0 radical (unpaired) electrons. The van der Waals surface area contributed by atoms with Crippen LogP contribution >= 0.6 is 11.6 Å². The fourth-order valence-electron chi connectivity index (χ4n) is 1.58. The van der Waals surface area contributed by atoms with Crippen molar-refractivity contribution in [3.05, 3.63) is 53.3 Å². The van der Waals surface area contributed by atoms with E-state index in [-0.39, 0.29) is 16.5 Å². The Morgan fingerprint density at radius 2 is 1.91 bits per heavy atom. The molecule has 116 valence electrons. The van der Waals surface area contributed by atoms with Gasteiger partial charge in [-0.05, 0) is 24.3 Å². The molecule has 1 aromatic carbocycles. The van der Waals surface area contributed by atoms with Gasteiger partial charge in [0.2, 0.25) is 0 Å². The van der Waals surface area contributed by atoms with E-state index in [1.807, 2.05) is 0 Å². The Balaban J connectivity index is 2.18. The van der Waals surface area contributed by atoms with Crippen molar-refractivity contribution >= 4 is 23.2 Å². The van der Waals surface area contributed by atoms with E-state index in [1.165, 1.54) is 42.7 Å². The zero-order chi connectivity index (χ0) is 16.2. The Morgan fingerprint density at radius 1 is 1.23 bits per heavy atom. The summed E-state index contributed by atoms with van der Waals surface area (Å²) < 4.78 is 41.4. The summed E-state index contributed by atoms with van der Waals surface area (Å²) in [5, 5.41) is 2.67. The fraction of sp³-hybridized carbons (Fsp3) is 0.143. The van der Waals surface area contributed by atoms with E-state index < -0.39 is 18.7 Å². The molecule has 0 aliphatic carbocycles. The maximum absolute atomic E-state index is 12.2. The van der Waals surface area contributed by atoms with Crippen LogP contribution in [0, 0.1) is 0 Å². The van der Waals surface area contributed by atoms with E-state index in [0.717, 1.165) is 0 Å². The van der Waals surface area contributed by atoms with Crippen LogP contribution in [0.4, 0.5) is 18.9 Å². The number of rotatable bonds is 4. The number of carbonyl (C=O) groups is 1. The third-order valence-corrected chi connectivity index (χ3v) is 2.76. The number of nitrogens with zero attached hydrogens (tertiary/aromatic N) is 1. The first-order chi connectivity index (χ1) is 10.3. The van der Waals surface area contributed by atoms with Gasteiger partial charge in [0.15, 0.2) is 6.61 Å². The van der Waals surface area contributed by atoms with Crippen molar-refractivity contribution < 1.29 is 22.7 Å². The SMILES string of the molecule is O=C(Nc1ccc(Cl)cc1OCC(F)(F)F)c1ccncc1. The lowest BCUT2D eigenvalue weighted by Gasteiger charge is -2.14. The van der Waals surface area contributed by atoms with Crippen molar-refractivity contribution in [2.75, 3.05) is 11.9 Å². The van der Waals surface area contributed by atoms with Gasteiger partial charge in [-0.1, -0.05) is 11.6 Å². The first kappa shape index (κ1) is 16.1. The number of benzene rings is 1. The molecule has 1 aromatic heterocycles. The number of anilines is 1. The summed E-state index contributed by atoms with van der Waals surface area (Å²) in [4.78, 5) is 15.8. The minimum atomic E-state index is -4.49. The van der Waals surface area contributed by atoms with E-state index in [2.05, 4.69) is 15.0 Å². The van der Waals surface area contributed by atoms with Crippen molar-refractivity contribution in [2.24, 2.45) is 0 Å². The first-order valence-corrected chi connectivity index (χ1v) is 6.43. The number of pyridine rings is 1. The Morgan fingerprint density at radius 3 is 2.55 bits per heavy atom. The van der Waals surface area contributed by atoms with Crippen molar-refractivity contribution in [1.82, 2.24) is 4.98 Å². The van der Waals surface area contributed by atoms with Crippen LogP contribution in [0.15, 0.2) is 42.7 Å². The molecule has 0 aliphatic rings. The van der Waals surface area contributed by atoms with Crippen LogP contribution in [0.25, 0.3) is 0 Å². The topological polar surface area (TPSA) is 51.2 Å². The van der Waals surface area contributed by atoms with Crippen LogP contribution < -0.4 is 10.1 Å². The number of amides is 1. The van der Waals surface area contributed by atoms with Gasteiger partial charge in [-0.2, -0.15) is 13.2 Å². The Kier molecular flexibility index (Phi) is 4.87. The minimum Gasteiger partial charge on any atom is -0.482 e. The Bertz CT molecular complexity index is 663. The minimum absolute atomic E-state index is 0.0930. The Labute approximate surface area is 128 Å². The molecule has 8 heteroatoms. The molecular formula is C14H10ClF3N2O2. The monoisotopic (exact) mass is 330 g/mol. The fourth-order valence-corrected chi connectivity index (χ4v) is 1.74. The molecule has 0 saturated heterocycles. The van der Waals surface area contributed by atoms with Crippen molar-refractivity contribution in [3.8, 4) is 5.75 Å². The number of alkyl halides is 3. The third-order valence-electron chi connectivity index (χ3n) is 2.53. The lowest BCUT2D eigenvalue weighted by molar-refractivity contribution is -0.153. The highest BCUT2D eigenvalue weighted by Gasteiger charge is 2.29. The summed E-state index contributed by atoms with van der Waals surface area (Å²) in [5.41, 5.74) is 0.405. The van der Waals surface area contributed by atoms with Gasteiger partial charge in [0.05, 0.1) is 5.69 Å². The van der Waals surface area contributed by atoms with Crippen LogP contribution in [0.2, 0.25) is 5.02 Å². The van der Waals surface area contributed by atoms with E-state index in [4.69, 9.17) is 11.6 Å². The molecule has 1 N–H and O–H groups in total. The van der Waals surface area contributed by atoms with Gasteiger partial charge >= 0.3 is 6.18 Å². The van der Waals surface area contributed by atoms with Crippen molar-refractivity contribution in [2.45, 2.75) is 6.18 Å². The molecule has 0 unspecified atom stereocenters. The average molecular weight is 331 g/mol. The smallest absolute Gasteiger partial charge is 0.422 e. The van der Waals surface area contributed by atoms with Gasteiger partial charge in [0, 0.05) is 29.0 Å². The van der Waals surface area contributed by atoms with Crippen LogP contribution in [0.5, 0.6) is 5.75 Å². The van der Waals surface area contributed by atoms with Crippen LogP contribution in [0.1, 0.15) is 10.4 Å². The number of hydrogen-bond donors (Lipinski definition) is 1. The van der Waals surface area contributed by atoms with Gasteiger partial charge < -0.3 is 10.1 Å². The third kappa shape index (κ3) is 4.63. The van der Waals surface area contributed by atoms with E-state index >= 15 is 0 Å². The number of halogens is 4. The lowest BCUT2D eigenvalue weighted by atomic mass is 10.2. The van der Waals surface area contributed by atoms with Crippen molar-refractivity contribution in [1.29, 1.82) is 0 Å². The molecule has 0 bridgehead atoms. The highest BCUT2D eigenvalue weighted by molar-refractivity contribution is 6.30. The van der Waals surface area contributed by atoms with Gasteiger partial charge in [-0.25, -0.2) is 0 Å². The summed E-state index contributed by atoms with van der Waals surface area (Å²) in [6.45, 7) is -1.48. The highest BCUT2D eigenvalue weighted by atomic mass is 35.5. The van der Waals surface area contributed by atoms with E-state index in [0.29, 0.717) is 5.56 Å². The van der Waals surface area contributed by atoms with Crippen LogP contribution in [-0.4, -0.2) is 23.7 Å². The number of aromatic nitrogens is 1. The first-order valence-electron chi connectivity index (χ1n) is 6.05. The predicted octanol–water partition coefficient (Wildman–Crippen LogP) is 3.93. The summed E-state index contributed by atoms with van der Waals surface area (Å²) in [6, 6.07) is 6.95. The van der Waals surface area contributed by atoms with Crippen LogP contribution in [0.3, 0.4) is 0 Å². The second kappa shape index (κ2) is 6.65. The van der Waals surface area contributed by atoms with Gasteiger partial charge in [0.25, 0.3) is 5.91 Å². The Hall–Kier alpha value is -2.28. The molecule has 1 amide bonds. The van der Waals surface area contributed by atoms with Gasteiger partial charge in [0.1, 0.15) is 5.75 Å². The number of ether oxygens (including phenoxy) is 1. The molecule has 2 rings (SSSR count). The maximum Gasteiger partial charge on any atom is 0.422 e. The average Bonchev–Trinajstić information content (AvgIpc) is 2.47. The molecular weight excluding hydrogens is 321 g/mol. The zero-order valence-corrected chi connectivity index (χ0v) is 11.8. The molecule has 0 aliphatic heterocycles. The molecule has 0 spiro atoms. The molecule has 22 heavy (non-hydrogen) atoms. The van der Waals surface area contributed by atoms with E-state index in [9.17, 15) is 18.0 Å². The zero-order valence-electron chi connectivity index (χ0n) is 11.0. The quantitative estimate of drug-likeness (QED) is 0.924. The molecule has 2 aromatic rings. The van der Waals surface area contributed by atoms with Crippen molar-refractivity contribution in [3.63, 3.8) is 0 Å². The van der Waals surface area contributed by atoms with Crippen LogP contribution in [-0.2, 0) is 0 Å². The summed E-state index contributed by atoms with van der Waals surface area (Å²) in [7, 11) is 0. The lowest BCUT2D eigenvalue weighted by Crippen LogP contribution is -2.20. The standard InChI is InChI=1S/C14H10ClF3N2O2/c15-10-1-2-11(12(7-10)22-8-14(16,17)18)20-13(21)9-3-5-19-6-4-9/h1-7H,8H2,(H,20,21). The number of nitrogens with one attached hydrogen (secondary N) is 1. The largest absolute Gasteiger partial charge is 0.482 e. The molecule has 1 heterocycles. The molecule has 0 atom stereocenters. The normalized spacial score (nSPS) is 11.1. The maximum atomic E-state index is 12.2. The molecule has 4 nitrogen and oxygen atoms in total. The summed E-state index contributed by atoms with van der Waals surface area (Å²) >= 11 is 5.74. The highest BCUT2D eigenvalue weighted by Crippen LogP contribution is 2.30. The summed E-state index contributed by atoms with van der Waals surface area (Å²) in [6.07, 6.45) is -1.63. The second-order valence-corrected chi connectivity index (χ2v) is 4.67. The number of hydrogen-bond acceptors (Lipinski definition) is 3. The number of carbonyl (C=O) groups excluding carboxylic acids is 1. The predicted molar refractivity (Wildman–Crippen MR) is 75.2 cm³/mol. The van der Waals surface area contributed by atoms with Gasteiger partial charge in [-0.3, -0.25) is 9.78 Å².